The first-order valence-corrected chi connectivity index (χ1v) is 9.82. The van der Waals surface area contributed by atoms with Gasteiger partial charge in [0.15, 0.2) is 17.5 Å². The average Bonchev–Trinajstić information content (AvgIpc) is 3.49. The van der Waals surface area contributed by atoms with Gasteiger partial charge in [0.25, 0.3) is 0 Å². The zero-order chi connectivity index (χ0) is 21.4. The Labute approximate surface area is 176 Å². The Morgan fingerprint density at radius 3 is 2.52 bits per heavy atom. The van der Waals surface area contributed by atoms with Crippen molar-refractivity contribution in [1.29, 1.82) is 0 Å². The molecule has 4 heterocycles. The van der Waals surface area contributed by atoms with Gasteiger partial charge in [0, 0.05) is 36.6 Å². The first kappa shape index (κ1) is 19.0. The van der Waals surface area contributed by atoms with Crippen molar-refractivity contribution in [1.82, 2.24) is 30.2 Å². The molecular weight excluding hydrogens is 402 g/mol. The van der Waals surface area contributed by atoms with Gasteiger partial charge in [-0.3, -0.25) is 0 Å². The van der Waals surface area contributed by atoms with Crippen LogP contribution >= 0.6 is 0 Å². The predicted molar refractivity (Wildman–Crippen MR) is 111 cm³/mol. The summed E-state index contributed by atoms with van der Waals surface area (Å²) in [5, 5.41) is 11.4. The van der Waals surface area contributed by atoms with Crippen LogP contribution in [0.1, 0.15) is 12.8 Å². The van der Waals surface area contributed by atoms with E-state index in [0.717, 1.165) is 40.8 Å². The molecule has 0 saturated carbocycles. The van der Waals surface area contributed by atoms with E-state index in [1.54, 1.807) is 18.5 Å². The van der Waals surface area contributed by atoms with Crippen molar-refractivity contribution in [3.63, 3.8) is 0 Å². The third-order valence-electron chi connectivity index (χ3n) is 5.30. The predicted octanol–water partition coefficient (Wildman–Crippen LogP) is 3.25. The van der Waals surface area contributed by atoms with Crippen molar-refractivity contribution < 1.29 is 8.78 Å². The average molecular weight is 420 g/mol. The van der Waals surface area contributed by atoms with Crippen LogP contribution in [0.25, 0.3) is 28.2 Å². The minimum absolute atomic E-state index is 0.124. The maximum absolute atomic E-state index is 14.3. The van der Waals surface area contributed by atoms with E-state index in [1.165, 1.54) is 25.0 Å². The van der Waals surface area contributed by atoms with Crippen molar-refractivity contribution in [3.05, 3.63) is 60.4 Å². The summed E-state index contributed by atoms with van der Waals surface area (Å²) >= 11 is 0. The highest BCUT2D eigenvalue weighted by Crippen LogP contribution is 2.30. The number of pyridine rings is 2. The molecule has 1 fully saturated rings. The van der Waals surface area contributed by atoms with Crippen LogP contribution in [0.15, 0.2) is 48.8 Å². The van der Waals surface area contributed by atoms with E-state index in [0.29, 0.717) is 5.56 Å². The van der Waals surface area contributed by atoms with Gasteiger partial charge in [0.1, 0.15) is 17.3 Å². The molecule has 8 nitrogen and oxygen atoms in total. The fraction of sp³-hybridized carbons (Fsp3) is 0.190. The molecule has 0 unspecified atom stereocenters. The van der Waals surface area contributed by atoms with E-state index in [2.05, 4.69) is 30.4 Å². The monoisotopic (exact) mass is 420 g/mol. The van der Waals surface area contributed by atoms with Crippen molar-refractivity contribution in [2.75, 3.05) is 23.7 Å². The topological polar surface area (TPSA) is 98.6 Å². The highest BCUT2D eigenvalue weighted by molar-refractivity contribution is 5.76. The summed E-state index contributed by atoms with van der Waals surface area (Å²) in [6.07, 6.45) is 5.76. The molecule has 10 heteroatoms. The normalized spacial score (nSPS) is 13.7. The van der Waals surface area contributed by atoms with Gasteiger partial charge in [-0.05, 0) is 53.6 Å². The van der Waals surface area contributed by atoms with Crippen molar-refractivity contribution in [3.8, 4) is 28.2 Å². The van der Waals surface area contributed by atoms with Crippen LogP contribution in [0, 0.1) is 11.6 Å². The first-order valence-electron chi connectivity index (χ1n) is 9.82. The molecule has 0 aliphatic carbocycles. The van der Waals surface area contributed by atoms with Gasteiger partial charge in [-0.1, -0.05) is 6.07 Å². The van der Waals surface area contributed by atoms with Gasteiger partial charge in [-0.25, -0.2) is 18.7 Å². The molecule has 31 heavy (non-hydrogen) atoms. The molecule has 5 rings (SSSR count). The second-order valence-corrected chi connectivity index (χ2v) is 7.24. The highest BCUT2D eigenvalue weighted by atomic mass is 19.2. The molecule has 1 saturated heterocycles. The summed E-state index contributed by atoms with van der Waals surface area (Å²) in [4.78, 5) is 11.1. The third kappa shape index (κ3) is 3.45. The Bertz CT molecular complexity index is 1230. The van der Waals surface area contributed by atoms with Crippen LogP contribution in [-0.4, -0.2) is 43.3 Å². The SMILES string of the molecule is Nc1ncc(-c2ccc(N3CCCC3)nc2)cc1-c1nnnn1-c1cccc(F)c1F. The van der Waals surface area contributed by atoms with E-state index in [-0.39, 0.29) is 17.3 Å². The fourth-order valence-electron chi connectivity index (χ4n) is 3.68. The van der Waals surface area contributed by atoms with Crippen LogP contribution in [0.5, 0.6) is 0 Å². The Kier molecular flexibility index (Phi) is 4.73. The molecule has 0 bridgehead atoms. The number of rotatable bonds is 4. The number of halogens is 2. The maximum atomic E-state index is 14.3. The second-order valence-electron chi connectivity index (χ2n) is 7.24. The van der Waals surface area contributed by atoms with Crippen LogP contribution in [0.4, 0.5) is 20.4 Å². The summed E-state index contributed by atoms with van der Waals surface area (Å²) in [5.74, 6) is -0.796. The number of benzene rings is 1. The highest BCUT2D eigenvalue weighted by Gasteiger charge is 2.20. The lowest BCUT2D eigenvalue weighted by Gasteiger charge is -2.16. The zero-order valence-corrected chi connectivity index (χ0v) is 16.4. The third-order valence-corrected chi connectivity index (χ3v) is 5.30. The molecule has 3 aromatic heterocycles. The smallest absolute Gasteiger partial charge is 0.190 e. The van der Waals surface area contributed by atoms with Gasteiger partial charge < -0.3 is 10.6 Å². The molecule has 4 aromatic rings. The van der Waals surface area contributed by atoms with Crippen molar-refractivity contribution in [2.24, 2.45) is 0 Å². The lowest BCUT2D eigenvalue weighted by Crippen LogP contribution is -2.18. The Morgan fingerprint density at radius 2 is 1.74 bits per heavy atom. The standard InChI is InChI=1S/C21H18F2N8/c22-16-4-3-5-17(19(16)23)31-21(27-28-29-31)15-10-14(12-26-20(15)24)13-6-7-18(25-11-13)30-8-1-2-9-30/h3-7,10-12H,1-2,8-9H2,(H2,24,26). The summed E-state index contributed by atoms with van der Waals surface area (Å²) in [6.45, 7) is 2.03. The van der Waals surface area contributed by atoms with Crippen LogP contribution in [-0.2, 0) is 0 Å². The number of aromatic nitrogens is 6. The van der Waals surface area contributed by atoms with E-state index < -0.39 is 11.6 Å². The molecule has 1 aliphatic heterocycles. The summed E-state index contributed by atoms with van der Waals surface area (Å²) < 4.78 is 29.1. The summed E-state index contributed by atoms with van der Waals surface area (Å²) in [6, 6.07) is 9.49. The van der Waals surface area contributed by atoms with Crippen LogP contribution in [0.3, 0.4) is 0 Å². The Morgan fingerprint density at radius 1 is 0.935 bits per heavy atom. The van der Waals surface area contributed by atoms with Gasteiger partial charge in [0.05, 0.1) is 5.56 Å². The number of anilines is 2. The van der Waals surface area contributed by atoms with Crippen LogP contribution < -0.4 is 10.6 Å². The molecule has 1 aromatic carbocycles. The number of nitrogens with zero attached hydrogens (tertiary/aromatic N) is 7. The van der Waals surface area contributed by atoms with Gasteiger partial charge in [0.2, 0.25) is 0 Å². The molecule has 2 N–H and O–H groups in total. The molecule has 1 aliphatic rings. The Hall–Kier alpha value is -3.95. The van der Waals surface area contributed by atoms with Crippen molar-refractivity contribution >= 4 is 11.6 Å². The molecule has 0 atom stereocenters. The molecule has 0 amide bonds. The van der Waals surface area contributed by atoms with E-state index >= 15 is 0 Å². The van der Waals surface area contributed by atoms with E-state index in [4.69, 9.17) is 5.73 Å². The maximum Gasteiger partial charge on any atom is 0.190 e. The number of hydrogen-bond acceptors (Lipinski definition) is 7. The largest absolute Gasteiger partial charge is 0.383 e. The summed E-state index contributed by atoms with van der Waals surface area (Å²) in [7, 11) is 0. The zero-order valence-electron chi connectivity index (χ0n) is 16.4. The lowest BCUT2D eigenvalue weighted by atomic mass is 10.1. The fourth-order valence-corrected chi connectivity index (χ4v) is 3.68. The lowest BCUT2D eigenvalue weighted by molar-refractivity contribution is 0.501. The van der Waals surface area contributed by atoms with Gasteiger partial charge in [-0.15, -0.1) is 5.10 Å². The Balaban J connectivity index is 1.53. The minimum Gasteiger partial charge on any atom is -0.383 e. The minimum atomic E-state index is -1.06. The van der Waals surface area contributed by atoms with E-state index in [1.807, 2.05) is 12.1 Å². The quantitative estimate of drug-likeness (QED) is 0.541. The van der Waals surface area contributed by atoms with E-state index in [9.17, 15) is 8.78 Å². The number of tetrazole rings is 1. The van der Waals surface area contributed by atoms with Gasteiger partial charge >= 0.3 is 0 Å². The van der Waals surface area contributed by atoms with Gasteiger partial charge in [-0.2, -0.15) is 4.68 Å². The van der Waals surface area contributed by atoms with Crippen molar-refractivity contribution in [2.45, 2.75) is 12.8 Å². The van der Waals surface area contributed by atoms with Crippen LogP contribution in [0.2, 0.25) is 0 Å². The first-order chi connectivity index (χ1) is 15.1. The number of nitrogens with two attached hydrogens (primary N) is 1. The molecular formula is C21H18F2N8. The molecule has 156 valence electrons. The summed E-state index contributed by atoms with van der Waals surface area (Å²) in [5.41, 5.74) is 7.93. The second kappa shape index (κ2) is 7.71. The molecule has 0 spiro atoms. The number of hydrogen-bond donors (Lipinski definition) is 1. The molecule has 0 radical (unpaired) electrons. The number of nitrogen functional groups attached to an aromatic ring is 1.